The minimum atomic E-state index is 0.392. The van der Waals surface area contributed by atoms with E-state index >= 15 is 0 Å². The molecule has 1 heterocycles. The number of hydrogen-bond donors (Lipinski definition) is 1. The smallest absolute Gasteiger partial charge is 0.0537 e. The van der Waals surface area contributed by atoms with Gasteiger partial charge in [0, 0.05) is 30.4 Å². The van der Waals surface area contributed by atoms with E-state index in [1.807, 2.05) is 10.9 Å². The highest BCUT2D eigenvalue weighted by Gasteiger charge is 2.07. The molecule has 1 rings (SSSR count). The lowest BCUT2D eigenvalue weighted by Gasteiger charge is -2.21. The van der Waals surface area contributed by atoms with E-state index in [1.165, 1.54) is 24.9 Å². The third-order valence-corrected chi connectivity index (χ3v) is 3.75. The van der Waals surface area contributed by atoms with Crippen LogP contribution in [0.3, 0.4) is 0 Å². The Kier molecular flexibility index (Phi) is 7.10. The van der Waals surface area contributed by atoms with Gasteiger partial charge < -0.3 is 10.2 Å². The quantitative estimate of drug-likeness (QED) is 0.698. The second-order valence-corrected chi connectivity index (χ2v) is 5.59. The molecule has 1 unspecified atom stereocenters. The molecule has 4 heteroatoms. The van der Waals surface area contributed by atoms with Gasteiger partial charge in [-0.05, 0) is 60.7 Å². The molecule has 4 nitrogen and oxygen atoms in total. The lowest BCUT2D eigenvalue weighted by Crippen LogP contribution is -2.28. The van der Waals surface area contributed by atoms with Crippen molar-refractivity contribution in [3.8, 4) is 0 Å². The second kappa shape index (κ2) is 8.33. The van der Waals surface area contributed by atoms with Crippen molar-refractivity contribution < 1.29 is 0 Å². The topological polar surface area (TPSA) is 33.1 Å². The minimum Gasteiger partial charge on any atom is -0.310 e. The minimum absolute atomic E-state index is 0.392. The van der Waals surface area contributed by atoms with Gasteiger partial charge in [0.25, 0.3) is 0 Å². The molecule has 0 radical (unpaired) electrons. The van der Waals surface area contributed by atoms with Gasteiger partial charge in [-0.3, -0.25) is 4.68 Å². The highest BCUT2D eigenvalue weighted by atomic mass is 15.3. The van der Waals surface area contributed by atoms with Crippen molar-refractivity contribution in [2.75, 3.05) is 20.1 Å². The fourth-order valence-electron chi connectivity index (χ4n) is 1.96. The average Bonchev–Trinajstić information content (AvgIpc) is 2.86. The van der Waals surface area contributed by atoms with Gasteiger partial charge in [0.05, 0.1) is 6.20 Å². The molecule has 0 aliphatic rings. The molecule has 0 saturated heterocycles. The Hall–Kier alpha value is -0.870. The van der Waals surface area contributed by atoms with E-state index in [1.54, 1.807) is 0 Å². The maximum atomic E-state index is 4.31. The Balaban J connectivity index is 2.15. The lowest BCUT2D eigenvalue weighted by atomic mass is 10.2. The highest BCUT2D eigenvalue weighted by molar-refractivity contribution is 5.08. The summed E-state index contributed by atoms with van der Waals surface area (Å²) in [6.07, 6.45) is 6.57. The van der Waals surface area contributed by atoms with E-state index in [2.05, 4.69) is 56.3 Å². The molecule has 0 aliphatic heterocycles. The zero-order valence-corrected chi connectivity index (χ0v) is 13.2. The summed E-state index contributed by atoms with van der Waals surface area (Å²) in [5, 5.41) is 7.88. The lowest BCUT2D eigenvalue weighted by molar-refractivity contribution is 0.267. The molecule has 0 aliphatic carbocycles. The SMILES string of the molecule is CCn1cc(C(C)NCCCCN(C)C(C)C)cn1. The number of aryl methyl sites for hydroxylation is 1. The predicted molar refractivity (Wildman–Crippen MR) is 81.3 cm³/mol. The van der Waals surface area contributed by atoms with Crippen LogP contribution in [-0.4, -0.2) is 40.9 Å². The molecule has 0 fully saturated rings. The van der Waals surface area contributed by atoms with Crippen LogP contribution in [-0.2, 0) is 6.54 Å². The van der Waals surface area contributed by atoms with Crippen LogP contribution in [0.2, 0.25) is 0 Å². The van der Waals surface area contributed by atoms with Crippen LogP contribution in [0.1, 0.15) is 52.1 Å². The number of rotatable bonds is 9. The van der Waals surface area contributed by atoms with E-state index < -0.39 is 0 Å². The van der Waals surface area contributed by atoms with Gasteiger partial charge in [-0.1, -0.05) is 0 Å². The zero-order chi connectivity index (χ0) is 14.3. The van der Waals surface area contributed by atoms with E-state index in [0.717, 1.165) is 13.1 Å². The first kappa shape index (κ1) is 16.2. The van der Waals surface area contributed by atoms with Crippen molar-refractivity contribution in [3.05, 3.63) is 18.0 Å². The van der Waals surface area contributed by atoms with E-state index in [4.69, 9.17) is 0 Å². The molecule has 19 heavy (non-hydrogen) atoms. The number of nitrogens with one attached hydrogen (secondary N) is 1. The standard InChI is InChI=1S/C15H30N4/c1-6-19-12-15(11-17-19)14(4)16-9-7-8-10-18(5)13(2)3/h11-14,16H,6-10H2,1-5H3. The Morgan fingerprint density at radius 3 is 2.63 bits per heavy atom. The van der Waals surface area contributed by atoms with Crippen LogP contribution in [0.25, 0.3) is 0 Å². The Morgan fingerprint density at radius 2 is 2.05 bits per heavy atom. The van der Waals surface area contributed by atoms with Crippen molar-refractivity contribution in [1.82, 2.24) is 20.0 Å². The van der Waals surface area contributed by atoms with Crippen LogP contribution < -0.4 is 5.32 Å². The first-order chi connectivity index (χ1) is 9.04. The van der Waals surface area contributed by atoms with Crippen LogP contribution >= 0.6 is 0 Å². The van der Waals surface area contributed by atoms with Crippen LogP contribution in [0, 0.1) is 0 Å². The molecule has 0 spiro atoms. The predicted octanol–water partition coefficient (Wildman–Crippen LogP) is 2.67. The molecular weight excluding hydrogens is 236 g/mol. The maximum absolute atomic E-state index is 4.31. The molecule has 0 saturated carbocycles. The summed E-state index contributed by atoms with van der Waals surface area (Å²) in [5.41, 5.74) is 1.28. The van der Waals surface area contributed by atoms with Gasteiger partial charge in [0.2, 0.25) is 0 Å². The summed E-state index contributed by atoms with van der Waals surface area (Å²) in [6, 6.07) is 1.04. The van der Waals surface area contributed by atoms with E-state index in [9.17, 15) is 0 Å². The van der Waals surface area contributed by atoms with Gasteiger partial charge in [0.1, 0.15) is 0 Å². The molecule has 1 N–H and O–H groups in total. The molecule has 0 amide bonds. The highest BCUT2D eigenvalue weighted by Crippen LogP contribution is 2.10. The van der Waals surface area contributed by atoms with Crippen LogP contribution in [0.5, 0.6) is 0 Å². The molecular formula is C15H30N4. The monoisotopic (exact) mass is 266 g/mol. The van der Waals surface area contributed by atoms with Crippen molar-refractivity contribution in [2.45, 2.75) is 59.2 Å². The molecule has 1 aromatic heterocycles. The summed E-state index contributed by atoms with van der Waals surface area (Å²) < 4.78 is 1.98. The fourth-order valence-corrected chi connectivity index (χ4v) is 1.96. The van der Waals surface area contributed by atoms with Gasteiger partial charge in [0.15, 0.2) is 0 Å². The first-order valence-corrected chi connectivity index (χ1v) is 7.50. The number of unbranched alkanes of at least 4 members (excludes halogenated alkanes) is 1. The first-order valence-electron chi connectivity index (χ1n) is 7.50. The van der Waals surface area contributed by atoms with E-state index in [0.29, 0.717) is 12.1 Å². The van der Waals surface area contributed by atoms with Crippen LogP contribution in [0.15, 0.2) is 12.4 Å². The van der Waals surface area contributed by atoms with Gasteiger partial charge >= 0.3 is 0 Å². The summed E-state index contributed by atoms with van der Waals surface area (Å²) in [6.45, 7) is 12.0. The van der Waals surface area contributed by atoms with Crippen molar-refractivity contribution >= 4 is 0 Å². The van der Waals surface area contributed by atoms with Crippen molar-refractivity contribution in [1.29, 1.82) is 0 Å². The zero-order valence-electron chi connectivity index (χ0n) is 13.2. The Labute approximate surface area is 118 Å². The third kappa shape index (κ3) is 5.74. The Bertz CT molecular complexity index is 346. The van der Waals surface area contributed by atoms with Crippen molar-refractivity contribution in [2.24, 2.45) is 0 Å². The summed E-state index contributed by atoms with van der Waals surface area (Å²) >= 11 is 0. The molecule has 0 bridgehead atoms. The average molecular weight is 266 g/mol. The summed E-state index contributed by atoms with van der Waals surface area (Å²) in [7, 11) is 2.19. The van der Waals surface area contributed by atoms with Gasteiger partial charge in [-0.2, -0.15) is 5.10 Å². The maximum Gasteiger partial charge on any atom is 0.0537 e. The number of hydrogen-bond acceptors (Lipinski definition) is 3. The van der Waals surface area contributed by atoms with E-state index in [-0.39, 0.29) is 0 Å². The fraction of sp³-hybridized carbons (Fsp3) is 0.800. The normalized spacial score (nSPS) is 13.4. The van der Waals surface area contributed by atoms with Crippen molar-refractivity contribution in [3.63, 3.8) is 0 Å². The second-order valence-electron chi connectivity index (χ2n) is 5.59. The van der Waals surface area contributed by atoms with Crippen LogP contribution in [0.4, 0.5) is 0 Å². The molecule has 110 valence electrons. The summed E-state index contributed by atoms with van der Waals surface area (Å²) in [4.78, 5) is 2.40. The Morgan fingerprint density at radius 1 is 1.32 bits per heavy atom. The molecule has 0 aromatic carbocycles. The van der Waals surface area contributed by atoms with Gasteiger partial charge in [-0.25, -0.2) is 0 Å². The largest absolute Gasteiger partial charge is 0.310 e. The number of aromatic nitrogens is 2. The summed E-state index contributed by atoms with van der Waals surface area (Å²) in [5.74, 6) is 0. The molecule has 1 atom stereocenters. The van der Waals surface area contributed by atoms with Gasteiger partial charge in [-0.15, -0.1) is 0 Å². The number of nitrogens with zero attached hydrogens (tertiary/aromatic N) is 3. The third-order valence-electron chi connectivity index (χ3n) is 3.75. The molecule has 1 aromatic rings.